The standard InChI is InChI=1S/C24H21F4N5O5/c1-2-12-8-13-17(9-29-12)32(31-21(13)23(36)37)10-19(34)33-15-6-11(15)7-16(33)22(35)30-14-4-3-5-18(20(14)25)38-24(26,27)28/h3-5,8-9,11,15-16H,2,6-7,10H2,1H3,(H,30,35)(H,36,37)/t11-,15-,16+/m1/s1. The van der Waals surface area contributed by atoms with Crippen LogP contribution in [0.3, 0.4) is 0 Å². The van der Waals surface area contributed by atoms with Gasteiger partial charge in [0, 0.05) is 17.1 Å². The van der Waals surface area contributed by atoms with Crippen LogP contribution in [0.1, 0.15) is 35.9 Å². The van der Waals surface area contributed by atoms with E-state index in [-0.39, 0.29) is 24.2 Å². The number of carboxylic acids is 1. The van der Waals surface area contributed by atoms with Crippen molar-refractivity contribution in [2.24, 2.45) is 5.92 Å². The predicted octanol–water partition coefficient (Wildman–Crippen LogP) is 3.36. The molecule has 1 aromatic carbocycles. The summed E-state index contributed by atoms with van der Waals surface area (Å²) in [4.78, 5) is 43.7. The molecule has 2 aliphatic rings. The van der Waals surface area contributed by atoms with Gasteiger partial charge in [-0.3, -0.25) is 19.3 Å². The van der Waals surface area contributed by atoms with Gasteiger partial charge in [-0.1, -0.05) is 13.0 Å². The van der Waals surface area contributed by atoms with Crippen LogP contribution in [0.15, 0.2) is 30.5 Å². The molecule has 2 amide bonds. The third-order valence-electron chi connectivity index (χ3n) is 6.69. The maximum absolute atomic E-state index is 14.6. The monoisotopic (exact) mass is 535 g/mol. The first-order valence-corrected chi connectivity index (χ1v) is 11.7. The Kier molecular flexibility index (Phi) is 6.19. The number of carbonyl (C=O) groups excluding carboxylic acids is 2. The second kappa shape index (κ2) is 9.26. The number of aromatic carboxylic acids is 1. The Hall–Kier alpha value is -4.23. The fourth-order valence-electron chi connectivity index (χ4n) is 4.87. The van der Waals surface area contributed by atoms with Crippen molar-refractivity contribution in [2.45, 2.75) is 51.2 Å². The lowest BCUT2D eigenvalue weighted by molar-refractivity contribution is -0.275. The average molecular weight is 535 g/mol. The zero-order valence-electron chi connectivity index (χ0n) is 19.8. The molecule has 0 spiro atoms. The number of hydrogen-bond donors (Lipinski definition) is 2. The number of anilines is 1. The largest absolute Gasteiger partial charge is 0.573 e. The number of hydrogen-bond acceptors (Lipinski definition) is 6. The molecular formula is C24H21F4N5O5. The van der Waals surface area contributed by atoms with E-state index in [9.17, 15) is 37.1 Å². The van der Waals surface area contributed by atoms with Crippen molar-refractivity contribution in [2.75, 3.05) is 5.32 Å². The van der Waals surface area contributed by atoms with Crippen LogP contribution in [0.5, 0.6) is 5.75 Å². The fraction of sp³-hybridized carbons (Fsp3) is 0.375. The first-order valence-electron chi connectivity index (χ1n) is 11.7. The van der Waals surface area contributed by atoms with Gasteiger partial charge in [0.25, 0.3) is 0 Å². The van der Waals surface area contributed by atoms with Gasteiger partial charge < -0.3 is 20.1 Å². The molecule has 0 unspecified atom stereocenters. The van der Waals surface area contributed by atoms with E-state index in [0.29, 0.717) is 35.9 Å². The van der Waals surface area contributed by atoms with E-state index in [1.165, 1.54) is 15.8 Å². The number of ether oxygens (including phenoxy) is 1. The van der Waals surface area contributed by atoms with Gasteiger partial charge in [0.1, 0.15) is 12.6 Å². The molecule has 38 heavy (non-hydrogen) atoms. The molecule has 0 radical (unpaired) electrons. The van der Waals surface area contributed by atoms with Crippen LogP contribution >= 0.6 is 0 Å². The molecule has 3 atom stereocenters. The minimum Gasteiger partial charge on any atom is -0.476 e. The summed E-state index contributed by atoms with van der Waals surface area (Å²) in [5.74, 6) is -4.99. The van der Waals surface area contributed by atoms with Gasteiger partial charge >= 0.3 is 12.3 Å². The zero-order valence-corrected chi connectivity index (χ0v) is 19.8. The van der Waals surface area contributed by atoms with Crippen LogP contribution in [0, 0.1) is 11.7 Å². The van der Waals surface area contributed by atoms with Gasteiger partial charge in [-0.2, -0.15) is 5.10 Å². The lowest BCUT2D eigenvalue weighted by Crippen LogP contribution is -2.46. The number of amides is 2. The highest BCUT2D eigenvalue weighted by molar-refractivity contribution is 6.02. The van der Waals surface area contributed by atoms with Crippen molar-refractivity contribution in [1.82, 2.24) is 19.7 Å². The number of nitrogens with one attached hydrogen (secondary N) is 1. The Morgan fingerprint density at radius 3 is 2.68 bits per heavy atom. The molecule has 14 heteroatoms. The number of likely N-dealkylation sites (tertiary alicyclic amines) is 1. The fourth-order valence-corrected chi connectivity index (χ4v) is 4.87. The number of nitrogens with zero attached hydrogens (tertiary/aromatic N) is 4. The van der Waals surface area contributed by atoms with Crippen molar-refractivity contribution in [1.29, 1.82) is 0 Å². The predicted molar refractivity (Wildman–Crippen MR) is 123 cm³/mol. The van der Waals surface area contributed by atoms with Crippen LogP contribution in [0.25, 0.3) is 10.9 Å². The van der Waals surface area contributed by atoms with Gasteiger partial charge in [0.2, 0.25) is 11.8 Å². The van der Waals surface area contributed by atoms with Gasteiger partial charge in [0.15, 0.2) is 17.3 Å². The van der Waals surface area contributed by atoms with Gasteiger partial charge in [-0.05, 0) is 43.4 Å². The quantitative estimate of drug-likeness (QED) is 0.445. The zero-order chi connectivity index (χ0) is 27.4. The molecule has 3 heterocycles. The molecule has 2 aromatic heterocycles. The van der Waals surface area contributed by atoms with E-state index in [0.717, 1.165) is 18.2 Å². The van der Waals surface area contributed by atoms with E-state index in [1.54, 1.807) is 6.07 Å². The summed E-state index contributed by atoms with van der Waals surface area (Å²) in [6.45, 7) is 1.49. The maximum Gasteiger partial charge on any atom is 0.573 e. The highest BCUT2D eigenvalue weighted by atomic mass is 19.4. The summed E-state index contributed by atoms with van der Waals surface area (Å²) in [6, 6.07) is 3.32. The highest BCUT2D eigenvalue weighted by Crippen LogP contribution is 2.48. The van der Waals surface area contributed by atoms with Crippen molar-refractivity contribution >= 4 is 34.4 Å². The van der Waals surface area contributed by atoms with E-state index < -0.39 is 47.4 Å². The van der Waals surface area contributed by atoms with E-state index in [1.807, 2.05) is 6.92 Å². The third-order valence-corrected chi connectivity index (χ3v) is 6.69. The number of piperidine rings is 1. The number of carbonyl (C=O) groups is 3. The average Bonchev–Trinajstić information content (AvgIpc) is 3.36. The Morgan fingerprint density at radius 2 is 2.00 bits per heavy atom. The minimum absolute atomic E-state index is 0.0529. The van der Waals surface area contributed by atoms with Crippen LogP contribution in [-0.2, 0) is 22.6 Å². The van der Waals surface area contributed by atoms with E-state index in [4.69, 9.17) is 0 Å². The summed E-state index contributed by atoms with van der Waals surface area (Å²) >= 11 is 0. The SMILES string of the molecule is CCc1cc2c(C(=O)O)nn(CC(=O)N3[C@@H]4C[C@@H]4C[C@H]3C(=O)Nc3cccc(OC(F)(F)F)c3F)c2cn1. The third kappa shape index (κ3) is 4.73. The molecule has 1 aliphatic carbocycles. The molecular weight excluding hydrogens is 514 g/mol. The summed E-state index contributed by atoms with van der Waals surface area (Å²) in [6.07, 6.45) is -2.15. The molecule has 5 rings (SSSR count). The van der Waals surface area contributed by atoms with Crippen molar-refractivity contribution < 1.29 is 41.8 Å². The molecule has 3 aromatic rings. The Morgan fingerprint density at radius 1 is 1.24 bits per heavy atom. The molecule has 1 aliphatic heterocycles. The van der Waals surface area contributed by atoms with Crippen LogP contribution in [-0.4, -0.2) is 61.0 Å². The number of rotatable bonds is 7. The van der Waals surface area contributed by atoms with Crippen molar-refractivity contribution in [3.8, 4) is 5.75 Å². The smallest absolute Gasteiger partial charge is 0.476 e. The molecule has 1 saturated heterocycles. The summed E-state index contributed by atoms with van der Waals surface area (Å²) in [7, 11) is 0. The van der Waals surface area contributed by atoms with Crippen molar-refractivity contribution in [3.05, 3.63) is 47.7 Å². The molecule has 2 fully saturated rings. The second-order valence-corrected chi connectivity index (χ2v) is 9.13. The molecule has 200 valence electrons. The number of pyridine rings is 1. The number of aryl methyl sites for hydroxylation is 1. The maximum atomic E-state index is 14.6. The van der Waals surface area contributed by atoms with Crippen molar-refractivity contribution in [3.63, 3.8) is 0 Å². The lowest BCUT2D eigenvalue weighted by Gasteiger charge is -2.27. The summed E-state index contributed by atoms with van der Waals surface area (Å²) < 4.78 is 57.1. The van der Waals surface area contributed by atoms with E-state index in [2.05, 4.69) is 20.1 Å². The topological polar surface area (TPSA) is 127 Å². The summed E-state index contributed by atoms with van der Waals surface area (Å²) in [5, 5.41) is 16.2. The number of benzene rings is 1. The number of aromatic nitrogens is 3. The Balaban J connectivity index is 1.37. The Labute approximate surface area is 212 Å². The Bertz CT molecular complexity index is 1460. The van der Waals surface area contributed by atoms with Gasteiger partial charge in [0.05, 0.1) is 17.4 Å². The van der Waals surface area contributed by atoms with Crippen LogP contribution in [0.2, 0.25) is 0 Å². The molecule has 1 saturated carbocycles. The number of fused-ring (bicyclic) bond motifs is 2. The number of carboxylic acid groups (broad SMARTS) is 1. The van der Waals surface area contributed by atoms with Gasteiger partial charge in [-0.15, -0.1) is 13.2 Å². The van der Waals surface area contributed by atoms with Gasteiger partial charge in [-0.25, -0.2) is 9.18 Å². The first kappa shape index (κ1) is 25.4. The molecule has 2 N–H and O–H groups in total. The van der Waals surface area contributed by atoms with E-state index >= 15 is 0 Å². The van der Waals surface area contributed by atoms with Crippen LogP contribution in [0.4, 0.5) is 23.2 Å². The first-order chi connectivity index (χ1) is 18.0. The summed E-state index contributed by atoms with van der Waals surface area (Å²) in [5.41, 5.74) is 0.233. The molecule has 10 nitrogen and oxygen atoms in total. The minimum atomic E-state index is -5.12. The number of alkyl halides is 3. The lowest BCUT2D eigenvalue weighted by atomic mass is 10.1. The normalized spacial score (nSPS) is 20.3. The molecule has 0 bridgehead atoms. The number of halogens is 4. The van der Waals surface area contributed by atoms with Crippen LogP contribution < -0.4 is 10.1 Å². The highest BCUT2D eigenvalue weighted by Gasteiger charge is 2.56. The second-order valence-electron chi connectivity index (χ2n) is 9.13.